The van der Waals surface area contributed by atoms with Gasteiger partial charge in [-0.05, 0) is 18.2 Å². The second-order valence-electron chi connectivity index (χ2n) is 6.16. The minimum Gasteiger partial charge on any atom is -0.395 e. The molecule has 134 valence electrons. The van der Waals surface area contributed by atoms with Crippen LogP contribution in [0.15, 0.2) is 47.1 Å². The zero-order valence-corrected chi connectivity index (χ0v) is 13.9. The summed E-state index contributed by atoms with van der Waals surface area (Å²) in [7, 11) is 0. The summed E-state index contributed by atoms with van der Waals surface area (Å²) in [6.45, 7) is 3.22. The standard InChI is InChI=1S/C17H17N5O4/c23-17(14-4-5-16(26-14)22(24)25)20-9-7-19(8-10-20)11-13-12-21-6-2-1-3-15(21)18-13/h1-6,12H,7-11H2. The summed E-state index contributed by atoms with van der Waals surface area (Å²) in [5, 5.41) is 10.7. The molecular formula is C17H17N5O4. The lowest BCUT2D eigenvalue weighted by atomic mass is 10.2. The molecule has 0 aromatic carbocycles. The molecule has 0 radical (unpaired) electrons. The first-order chi connectivity index (χ1) is 12.6. The van der Waals surface area contributed by atoms with Gasteiger partial charge in [-0.2, -0.15) is 0 Å². The third-order valence-electron chi connectivity index (χ3n) is 4.44. The summed E-state index contributed by atoms with van der Waals surface area (Å²) < 4.78 is 6.98. The fraction of sp³-hybridized carbons (Fsp3) is 0.294. The second-order valence-corrected chi connectivity index (χ2v) is 6.16. The molecule has 0 N–H and O–H groups in total. The Kier molecular flexibility index (Phi) is 4.13. The molecule has 0 aliphatic carbocycles. The van der Waals surface area contributed by atoms with E-state index in [4.69, 9.17) is 4.42 Å². The summed E-state index contributed by atoms with van der Waals surface area (Å²) in [6.07, 6.45) is 3.97. The molecule has 0 unspecified atom stereocenters. The Labute approximate surface area is 148 Å². The molecule has 9 heteroatoms. The van der Waals surface area contributed by atoms with E-state index in [1.807, 2.05) is 35.0 Å². The molecule has 1 fully saturated rings. The van der Waals surface area contributed by atoms with Crippen molar-refractivity contribution < 1.29 is 14.1 Å². The fourth-order valence-corrected chi connectivity index (χ4v) is 3.10. The van der Waals surface area contributed by atoms with Crippen LogP contribution >= 0.6 is 0 Å². The lowest BCUT2D eigenvalue weighted by Gasteiger charge is -2.33. The predicted octanol–water partition coefficient (Wildman–Crippen LogP) is 1.79. The number of hydrogen-bond acceptors (Lipinski definition) is 6. The van der Waals surface area contributed by atoms with E-state index in [2.05, 4.69) is 9.88 Å². The van der Waals surface area contributed by atoms with Crippen LogP contribution in [0.3, 0.4) is 0 Å². The lowest BCUT2D eigenvalue weighted by Crippen LogP contribution is -2.48. The Bertz CT molecular complexity index is 922. The molecule has 1 amide bonds. The van der Waals surface area contributed by atoms with Gasteiger partial charge in [-0.1, -0.05) is 6.07 Å². The molecule has 3 aromatic rings. The van der Waals surface area contributed by atoms with Gasteiger partial charge in [-0.25, -0.2) is 4.98 Å². The summed E-state index contributed by atoms with van der Waals surface area (Å²) in [4.78, 5) is 30.9. The number of pyridine rings is 1. The summed E-state index contributed by atoms with van der Waals surface area (Å²) in [6, 6.07) is 8.43. The van der Waals surface area contributed by atoms with Crippen molar-refractivity contribution in [1.29, 1.82) is 0 Å². The number of fused-ring (bicyclic) bond motifs is 1. The van der Waals surface area contributed by atoms with Crippen molar-refractivity contribution in [3.63, 3.8) is 0 Å². The van der Waals surface area contributed by atoms with Crippen molar-refractivity contribution >= 4 is 17.4 Å². The molecule has 4 heterocycles. The van der Waals surface area contributed by atoms with Crippen LogP contribution in [0, 0.1) is 10.1 Å². The van der Waals surface area contributed by atoms with Crippen LogP contribution in [0.5, 0.6) is 0 Å². The van der Waals surface area contributed by atoms with Gasteiger partial charge < -0.3 is 13.7 Å². The van der Waals surface area contributed by atoms with Crippen molar-refractivity contribution in [1.82, 2.24) is 19.2 Å². The Morgan fingerprint density at radius 2 is 2.00 bits per heavy atom. The average molecular weight is 355 g/mol. The highest BCUT2D eigenvalue weighted by atomic mass is 16.6. The van der Waals surface area contributed by atoms with E-state index in [1.165, 1.54) is 12.1 Å². The van der Waals surface area contributed by atoms with Crippen LogP contribution in [-0.2, 0) is 6.54 Å². The van der Waals surface area contributed by atoms with Crippen LogP contribution < -0.4 is 0 Å². The Morgan fingerprint density at radius 3 is 2.69 bits per heavy atom. The first kappa shape index (κ1) is 16.3. The van der Waals surface area contributed by atoms with Gasteiger partial charge in [0.05, 0.1) is 11.8 Å². The molecule has 0 saturated carbocycles. The molecule has 1 aliphatic rings. The number of carbonyl (C=O) groups excluding carboxylic acids is 1. The number of nitro groups is 1. The van der Waals surface area contributed by atoms with Crippen LogP contribution in [-0.4, -0.2) is 56.2 Å². The molecule has 0 bridgehead atoms. The quantitative estimate of drug-likeness (QED) is 0.523. The maximum atomic E-state index is 12.4. The van der Waals surface area contributed by atoms with Crippen molar-refractivity contribution in [3.8, 4) is 0 Å². The van der Waals surface area contributed by atoms with Crippen LogP contribution in [0.2, 0.25) is 0 Å². The van der Waals surface area contributed by atoms with Crippen molar-refractivity contribution in [3.05, 3.63) is 64.3 Å². The number of imidazole rings is 1. The Morgan fingerprint density at radius 1 is 1.19 bits per heavy atom. The minimum absolute atomic E-state index is 0.00509. The van der Waals surface area contributed by atoms with Crippen LogP contribution in [0.1, 0.15) is 16.2 Å². The SMILES string of the molecule is O=C(c1ccc([N+](=O)[O-])o1)N1CCN(Cc2cn3ccccc3n2)CC1. The monoisotopic (exact) mass is 355 g/mol. The number of carbonyl (C=O) groups is 1. The number of rotatable bonds is 4. The normalized spacial score (nSPS) is 15.5. The van der Waals surface area contributed by atoms with E-state index in [9.17, 15) is 14.9 Å². The number of aromatic nitrogens is 2. The molecule has 0 spiro atoms. The summed E-state index contributed by atoms with van der Waals surface area (Å²) >= 11 is 0. The van der Waals surface area contributed by atoms with E-state index in [0.717, 1.165) is 17.9 Å². The maximum Gasteiger partial charge on any atom is 0.433 e. The van der Waals surface area contributed by atoms with Gasteiger partial charge in [0.25, 0.3) is 5.91 Å². The van der Waals surface area contributed by atoms with E-state index < -0.39 is 10.8 Å². The molecule has 26 heavy (non-hydrogen) atoms. The maximum absolute atomic E-state index is 12.4. The van der Waals surface area contributed by atoms with Crippen molar-refractivity contribution in [2.45, 2.75) is 6.54 Å². The van der Waals surface area contributed by atoms with Crippen LogP contribution in [0.4, 0.5) is 5.88 Å². The van der Waals surface area contributed by atoms with Crippen molar-refractivity contribution in [2.24, 2.45) is 0 Å². The number of amides is 1. The minimum atomic E-state index is -0.649. The van der Waals surface area contributed by atoms with Crippen LogP contribution in [0.25, 0.3) is 5.65 Å². The second kappa shape index (κ2) is 6.60. The Hall–Kier alpha value is -3.20. The van der Waals surface area contributed by atoms with Gasteiger partial charge in [0.1, 0.15) is 10.6 Å². The lowest BCUT2D eigenvalue weighted by molar-refractivity contribution is -0.402. The zero-order chi connectivity index (χ0) is 18.1. The van der Waals surface area contributed by atoms with Gasteiger partial charge in [0.15, 0.2) is 5.76 Å². The highest BCUT2D eigenvalue weighted by molar-refractivity contribution is 5.91. The number of furan rings is 1. The highest BCUT2D eigenvalue weighted by Crippen LogP contribution is 2.18. The molecule has 4 rings (SSSR count). The Balaban J connectivity index is 1.35. The average Bonchev–Trinajstić information content (AvgIpc) is 3.28. The molecule has 9 nitrogen and oxygen atoms in total. The van der Waals surface area contributed by atoms with Gasteiger partial charge in [-0.15, -0.1) is 0 Å². The summed E-state index contributed by atoms with van der Waals surface area (Å²) in [5.41, 5.74) is 1.90. The van der Waals surface area contributed by atoms with Gasteiger partial charge in [0.2, 0.25) is 0 Å². The number of nitrogens with zero attached hydrogens (tertiary/aromatic N) is 5. The van der Waals surface area contributed by atoms with E-state index in [0.29, 0.717) is 26.2 Å². The summed E-state index contributed by atoms with van der Waals surface area (Å²) in [5.74, 6) is -0.727. The third kappa shape index (κ3) is 3.16. The van der Waals surface area contributed by atoms with Gasteiger partial charge in [-0.3, -0.25) is 19.8 Å². The highest BCUT2D eigenvalue weighted by Gasteiger charge is 2.26. The molecule has 0 atom stereocenters. The van der Waals surface area contributed by atoms with E-state index >= 15 is 0 Å². The first-order valence-electron chi connectivity index (χ1n) is 8.28. The smallest absolute Gasteiger partial charge is 0.395 e. The van der Waals surface area contributed by atoms with Gasteiger partial charge >= 0.3 is 5.88 Å². The molecular weight excluding hydrogens is 338 g/mol. The van der Waals surface area contributed by atoms with E-state index in [-0.39, 0.29) is 11.7 Å². The first-order valence-corrected chi connectivity index (χ1v) is 8.28. The molecule has 1 saturated heterocycles. The topological polar surface area (TPSA) is 97.1 Å². The zero-order valence-electron chi connectivity index (χ0n) is 13.9. The number of piperazine rings is 1. The largest absolute Gasteiger partial charge is 0.433 e. The predicted molar refractivity (Wildman–Crippen MR) is 91.7 cm³/mol. The molecule has 1 aliphatic heterocycles. The number of hydrogen-bond donors (Lipinski definition) is 0. The fourth-order valence-electron chi connectivity index (χ4n) is 3.10. The van der Waals surface area contributed by atoms with Crippen molar-refractivity contribution in [2.75, 3.05) is 26.2 Å². The molecule has 3 aromatic heterocycles. The third-order valence-corrected chi connectivity index (χ3v) is 4.44. The van der Waals surface area contributed by atoms with Gasteiger partial charge in [0, 0.05) is 45.1 Å². The van der Waals surface area contributed by atoms with E-state index in [1.54, 1.807) is 4.90 Å².